The van der Waals surface area contributed by atoms with E-state index < -0.39 is 0 Å². The van der Waals surface area contributed by atoms with Crippen LogP contribution in [0.4, 0.5) is 0 Å². The molecule has 0 unspecified atom stereocenters. The molecule has 8 heteroatoms. The minimum atomic E-state index is 0.243. The van der Waals surface area contributed by atoms with Gasteiger partial charge in [-0.2, -0.15) is 0 Å². The van der Waals surface area contributed by atoms with Crippen LogP contribution >= 0.6 is 11.6 Å². The number of aromatic amines is 1. The van der Waals surface area contributed by atoms with Gasteiger partial charge < -0.3 is 9.30 Å². The molecule has 4 heterocycles. The maximum absolute atomic E-state index is 6.15. The molecular formula is C20H17ClN6O. The maximum Gasteiger partial charge on any atom is 0.123 e. The summed E-state index contributed by atoms with van der Waals surface area (Å²) in [6.07, 6.45) is 5.60. The van der Waals surface area contributed by atoms with E-state index >= 15 is 0 Å². The van der Waals surface area contributed by atoms with Crippen LogP contribution in [0.25, 0.3) is 22.6 Å². The van der Waals surface area contributed by atoms with E-state index in [0.29, 0.717) is 6.61 Å². The standard InChI is InChI=1S/C20H17ClN6O/c1-12-20(25-26-24-12)13-4-5-22-17(6-13)18-9-27(11-23-18)8-14-10-28-19-3-2-15(21)7-16(14)19/h2-7,9,11,14H,8,10H2,1H3,(H,24,25,26)/t14-/m0/s1. The van der Waals surface area contributed by atoms with Gasteiger partial charge in [0.25, 0.3) is 0 Å². The molecule has 0 saturated carbocycles. The van der Waals surface area contributed by atoms with Gasteiger partial charge in [-0.1, -0.05) is 16.8 Å². The molecule has 0 spiro atoms. The Kier molecular flexibility index (Phi) is 4.09. The van der Waals surface area contributed by atoms with Crippen molar-refractivity contribution < 1.29 is 4.74 Å². The average molecular weight is 393 g/mol. The molecule has 140 valence electrons. The number of halogens is 1. The van der Waals surface area contributed by atoms with E-state index in [9.17, 15) is 0 Å². The predicted molar refractivity (Wildman–Crippen MR) is 105 cm³/mol. The molecule has 3 aromatic heterocycles. The molecule has 0 amide bonds. The summed E-state index contributed by atoms with van der Waals surface area (Å²) < 4.78 is 7.84. The lowest BCUT2D eigenvalue weighted by Crippen LogP contribution is -2.09. The average Bonchev–Trinajstić information content (AvgIpc) is 3.43. The molecule has 1 aliphatic heterocycles. The Bertz CT molecular complexity index is 1150. The minimum absolute atomic E-state index is 0.243. The van der Waals surface area contributed by atoms with Crippen molar-refractivity contribution in [1.82, 2.24) is 29.9 Å². The Hall–Kier alpha value is -3.19. The third-order valence-electron chi connectivity index (χ3n) is 4.93. The first-order chi connectivity index (χ1) is 13.7. The van der Waals surface area contributed by atoms with Gasteiger partial charge in [0.2, 0.25) is 0 Å². The fourth-order valence-corrected chi connectivity index (χ4v) is 3.70. The van der Waals surface area contributed by atoms with E-state index in [1.165, 1.54) is 0 Å². The second kappa shape index (κ2) is 6.76. The first-order valence-electron chi connectivity index (χ1n) is 8.96. The second-order valence-electron chi connectivity index (χ2n) is 6.86. The SMILES string of the molecule is Cc1[nH]nnc1-c1ccnc(-c2cn(C[C@H]3COc4ccc(Cl)cc43)cn2)c1. The number of aromatic nitrogens is 6. The normalized spacial score (nSPS) is 15.4. The van der Waals surface area contributed by atoms with Gasteiger partial charge in [-0.25, -0.2) is 4.98 Å². The lowest BCUT2D eigenvalue weighted by molar-refractivity contribution is 0.319. The fraction of sp³-hybridized carbons (Fsp3) is 0.200. The molecule has 28 heavy (non-hydrogen) atoms. The van der Waals surface area contributed by atoms with Crippen LogP contribution in [0.5, 0.6) is 5.75 Å². The van der Waals surface area contributed by atoms with Crippen LogP contribution in [-0.4, -0.2) is 36.6 Å². The van der Waals surface area contributed by atoms with E-state index in [1.54, 1.807) is 6.20 Å². The molecule has 0 aliphatic carbocycles. The Morgan fingerprint density at radius 2 is 2.14 bits per heavy atom. The summed E-state index contributed by atoms with van der Waals surface area (Å²) in [5.74, 6) is 1.15. The van der Waals surface area contributed by atoms with E-state index in [1.807, 2.05) is 49.8 Å². The quantitative estimate of drug-likeness (QED) is 0.570. The lowest BCUT2D eigenvalue weighted by atomic mass is 10.0. The molecule has 5 rings (SSSR count). The second-order valence-corrected chi connectivity index (χ2v) is 7.30. The molecule has 1 aliphatic rings. The van der Waals surface area contributed by atoms with Gasteiger partial charge in [-0.15, -0.1) is 5.10 Å². The third kappa shape index (κ3) is 3.03. The van der Waals surface area contributed by atoms with Crippen LogP contribution in [0.15, 0.2) is 49.1 Å². The Balaban J connectivity index is 1.39. The molecule has 1 N–H and O–H groups in total. The fourth-order valence-electron chi connectivity index (χ4n) is 3.52. The van der Waals surface area contributed by atoms with Crippen molar-refractivity contribution in [3.05, 3.63) is 65.3 Å². The van der Waals surface area contributed by atoms with Crippen molar-refractivity contribution in [2.24, 2.45) is 0 Å². The van der Waals surface area contributed by atoms with Crippen LogP contribution < -0.4 is 4.74 Å². The highest BCUT2D eigenvalue weighted by molar-refractivity contribution is 6.30. The van der Waals surface area contributed by atoms with Crippen molar-refractivity contribution >= 4 is 11.6 Å². The lowest BCUT2D eigenvalue weighted by Gasteiger charge is -2.09. The number of pyridine rings is 1. The summed E-state index contributed by atoms with van der Waals surface area (Å²) in [7, 11) is 0. The summed E-state index contributed by atoms with van der Waals surface area (Å²) in [5, 5.41) is 11.6. The monoisotopic (exact) mass is 392 g/mol. The summed E-state index contributed by atoms with van der Waals surface area (Å²) in [6.45, 7) is 3.35. The highest BCUT2D eigenvalue weighted by Gasteiger charge is 2.25. The summed E-state index contributed by atoms with van der Waals surface area (Å²) >= 11 is 6.15. The van der Waals surface area contributed by atoms with E-state index in [2.05, 4.69) is 29.9 Å². The first-order valence-corrected chi connectivity index (χ1v) is 9.33. The van der Waals surface area contributed by atoms with Crippen molar-refractivity contribution in [2.75, 3.05) is 6.61 Å². The van der Waals surface area contributed by atoms with Gasteiger partial charge >= 0.3 is 0 Å². The molecule has 0 saturated heterocycles. The number of hydrogen-bond acceptors (Lipinski definition) is 5. The maximum atomic E-state index is 6.15. The van der Waals surface area contributed by atoms with Crippen molar-refractivity contribution in [3.8, 4) is 28.4 Å². The molecule has 0 radical (unpaired) electrons. The summed E-state index contributed by atoms with van der Waals surface area (Å²) in [5.41, 5.74) is 5.45. The van der Waals surface area contributed by atoms with Crippen molar-refractivity contribution in [2.45, 2.75) is 19.4 Å². The first kappa shape index (κ1) is 16.9. The Morgan fingerprint density at radius 1 is 1.21 bits per heavy atom. The zero-order chi connectivity index (χ0) is 19.1. The molecule has 1 atom stereocenters. The number of benzene rings is 1. The van der Waals surface area contributed by atoms with Crippen LogP contribution in [-0.2, 0) is 6.54 Å². The molecule has 0 fully saturated rings. The highest BCUT2D eigenvalue weighted by Crippen LogP contribution is 2.36. The van der Waals surface area contributed by atoms with Gasteiger partial charge in [0.05, 0.1) is 24.3 Å². The zero-order valence-electron chi connectivity index (χ0n) is 15.1. The van der Waals surface area contributed by atoms with Gasteiger partial charge in [0, 0.05) is 41.0 Å². The van der Waals surface area contributed by atoms with E-state index in [-0.39, 0.29) is 5.92 Å². The Labute approximate surface area is 166 Å². The number of rotatable bonds is 4. The van der Waals surface area contributed by atoms with Gasteiger partial charge in [0.15, 0.2) is 0 Å². The number of hydrogen-bond donors (Lipinski definition) is 1. The molecule has 4 aromatic rings. The Morgan fingerprint density at radius 3 is 3.00 bits per heavy atom. The highest BCUT2D eigenvalue weighted by atomic mass is 35.5. The largest absolute Gasteiger partial charge is 0.493 e. The van der Waals surface area contributed by atoms with Crippen molar-refractivity contribution in [1.29, 1.82) is 0 Å². The zero-order valence-corrected chi connectivity index (χ0v) is 15.9. The molecule has 1 aromatic carbocycles. The predicted octanol–water partition coefficient (Wildman–Crippen LogP) is 3.87. The molecular weight excluding hydrogens is 376 g/mol. The number of nitrogens with zero attached hydrogens (tertiary/aromatic N) is 5. The molecule has 7 nitrogen and oxygen atoms in total. The minimum Gasteiger partial charge on any atom is -0.493 e. The van der Waals surface area contributed by atoms with Crippen LogP contribution in [0, 0.1) is 6.92 Å². The number of nitrogens with one attached hydrogen (secondary N) is 1. The van der Waals surface area contributed by atoms with Crippen LogP contribution in [0.3, 0.4) is 0 Å². The smallest absolute Gasteiger partial charge is 0.123 e. The topological polar surface area (TPSA) is 81.5 Å². The van der Waals surface area contributed by atoms with Crippen LogP contribution in [0.2, 0.25) is 5.02 Å². The number of fused-ring (bicyclic) bond motifs is 1. The number of ether oxygens (including phenoxy) is 1. The van der Waals surface area contributed by atoms with E-state index in [0.717, 1.165) is 51.2 Å². The number of H-pyrrole nitrogens is 1. The van der Waals surface area contributed by atoms with Gasteiger partial charge in [0.1, 0.15) is 17.1 Å². The summed E-state index contributed by atoms with van der Waals surface area (Å²) in [6, 6.07) is 9.66. The van der Waals surface area contributed by atoms with Gasteiger partial charge in [-0.05, 0) is 37.3 Å². The van der Waals surface area contributed by atoms with Crippen molar-refractivity contribution in [3.63, 3.8) is 0 Å². The van der Waals surface area contributed by atoms with Crippen LogP contribution in [0.1, 0.15) is 17.2 Å². The van der Waals surface area contributed by atoms with E-state index in [4.69, 9.17) is 16.3 Å². The third-order valence-corrected chi connectivity index (χ3v) is 5.17. The summed E-state index contributed by atoms with van der Waals surface area (Å²) in [4.78, 5) is 9.00. The number of imidazole rings is 1. The number of aryl methyl sites for hydroxylation is 1. The molecule has 0 bridgehead atoms. The van der Waals surface area contributed by atoms with Gasteiger partial charge in [-0.3, -0.25) is 10.1 Å².